The van der Waals surface area contributed by atoms with Gasteiger partial charge in [0, 0.05) is 6.08 Å². The molecule has 1 rings (SSSR count). The van der Waals surface area contributed by atoms with Crippen molar-refractivity contribution < 1.29 is 24.4 Å². The Morgan fingerprint density at radius 1 is 1.12 bits per heavy atom. The SMILES string of the molecule is C=CC(=O)OC(O)COOCC(C)CC(CC(C)CC)c1ccccc1. The van der Waals surface area contributed by atoms with E-state index in [4.69, 9.17) is 9.78 Å². The van der Waals surface area contributed by atoms with Crippen LogP contribution in [0.1, 0.15) is 51.5 Å². The number of aliphatic hydroxyl groups excluding tert-OH is 1. The van der Waals surface area contributed by atoms with Gasteiger partial charge < -0.3 is 9.84 Å². The Balaban J connectivity index is 2.40. The van der Waals surface area contributed by atoms with Gasteiger partial charge in [-0.2, -0.15) is 0 Å². The Morgan fingerprint density at radius 3 is 2.35 bits per heavy atom. The lowest BCUT2D eigenvalue weighted by molar-refractivity contribution is -0.325. The van der Waals surface area contributed by atoms with Crippen molar-refractivity contribution in [3.63, 3.8) is 0 Å². The molecule has 0 heterocycles. The lowest BCUT2D eigenvalue weighted by Crippen LogP contribution is -2.23. The zero-order valence-corrected chi connectivity index (χ0v) is 16.1. The summed E-state index contributed by atoms with van der Waals surface area (Å²) in [7, 11) is 0. The van der Waals surface area contributed by atoms with Crippen LogP contribution in [0.5, 0.6) is 0 Å². The van der Waals surface area contributed by atoms with Crippen LogP contribution in [0, 0.1) is 11.8 Å². The second kappa shape index (κ2) is 12.6. The van der Waals surface area contributed by atoms with E-state index in [0.29, 0.717) is 18.4 Å². The number of hydrogen-bond donors (Lipinski definition) is 1. The highest BCUT2D eigenvalue weighted by Crippen LogP contribution is 2.31. The molecule has 1 N–H and O–H groups in total. The van der Waals surface area contributed by atoms with Gasteiger partial charge in [0.15, 0.2) is 0 Å². The summed E-state index contributed by atoms with van der Waals surface area (Å²) in [5.74, 6) is 0.727. The number of carbonyl (C=O) groups is 1. The molecule has 0 saturated carbocycles. The first-order valence-electron chi connectivity index (χ1n) is 9.26. The molecule has 5 heteroatoms. The molecule has 5 nitrogen and oxygen atoms in total. The molecule has 0 radical (unpaired) electrons. The molecular weight excluding hydrogens is 332 g/mol. The molecule has 1 aromatic carbocycles. The van der Waals surface area contributed by atoms with E-state index >= 15 is 0 Å². The first kappa shape index (κ1) is 22.4. The van der Waals surface area contributed by atoms with Gasteiger partial charge in [0.2, 0.25) is 6.29 Å². The zero-order valence-electron chi connectivity index (χ0n) is 16.1. The summed E-state index contributed by atoms with van der Waals surface area (Å²) < 4.78 is 4.58. The van der Waals surface area contributed by atoms with Gasteiger partial charge in [-0.3, -0.25) is 0 Å². The minimum atomic E-state index is -1.36. The highest BCUT2D eigenvalue weighted by atomic mass is 17.2. The Bertz CT molecular complexity index is 516. The maximum atomic E-state index is 10.9. The summed E-state index contributed by atoms with van der Waals surface area (Å²) >= 11 is 0. The van der Waals surface area contributed by atoms with E-state index in [9.17, 15) is 9.90 Å². The molecular formula is C21H32O5. The predicted molar refractivity (Wildman–Crippen MR) is 101 cm³/mol. The van der Waals surface area contributed by atoms with Gasteiger partial charge in [-0.25, -0.2) is 14.6 Å². The van der Waals surface area contributed by atoms with Gasteiger partial charge in [-0.05, 0) is 36.2 Å². The first-order chi connectivity index (χ1) is 12.5. The van der Waals surface area contributed by atoms with Crippen LogP contribution in [0.4, 0.5) is 0 Å². The minimum absolute atomic E-state index is 0.235. The number of carbonyl (C=O) groups excluding carboxylic acids is 1. The Hall–Kier alpha value is -1.69. The highest BCUT2D eigenvalue weighted by molar-refractivity contribution is 5.81. The van der Waals surface area contributed by atoms with Crippen LogP contribution in [0.15, 0.2) is 43.0 Å². The van der Waals surface area contributed by atoms with Crippen LogP contribution in [0.3, 0.4) is 0 Å². The summed E-state index contributed by atoms with van der Waals surface area (Å²) in [5, 5.41) is 9.44. The average Bonchev–Trinajstić information content (AvgIpc) is 2.65. The minimum Gasteiger partial charge on any atom is -0.430 e. The third-order valence-electron chi connectivity index (χ3n) is 4.41. The van der Waals surface area contributed by atoms with Crippen LogP contribution < -0.4 is 0 Å². The van der Waals surface area contributed by atoms with Crippen LogP contribution in [0.25, 0.3) is 0 Å². The van der Waals surface area contributed by atoms with Crippen molar-refractivity contribution in [2.75, 3.05) is 13.2 Å². The number of benzene rings is 1. The smallest absolute Gasteiger partial charge is 0.332 e. The van der Waals surface area contributed by atoms with E-state index in [2.05, 4.69) is 56.4 Å². The number of aliphatic hydroxyl groups is 1. The molecule has 0 bridgehead atoms. The van der Waals surface area contributed by atoms with Crippen molar-refractivity contribution in [2.45, 2.75) is 52.2 Å². The van der Waals surface area contributed by atoms with Gasteiger partial charge in [-0.15, -0.1) is 0 Å². The third-order valence-corrected chi connectivity index (χ3v) is 4.41. The second-order valence-electron chi connectivity index (χ2n) is 6.86. The normalized spacial score (nSPS) is 15.7. The fourth-order valence-corrected chi connectivity index (χ4v) is 2.79. The quantitative estimate of drug-likeness (QED) is 0.142. The highest BCUT2D eigenvalue weighted by Gasteiger charge is 2.18. The van der Waals surface area contributed by atoms with Crippen LogP contribution in [-0.4, -0.2) is 30.6 Å². The third kappa shape index (κ3) is 9.13. The largest absolute Gasteiger partial charge is 0.430 e. The van der Waals surface area contributed by atoms with Gasteiger partial charge >= 0.3 is 5.97 Å². The molecule has 0 saturated heterocycles. The summed E-state index contributed by atoms with van der Waals surface area (Å²) in [5.41, 5.74) is 1.35. The van der Waals surface area contributed by atoms with Crippen molar-refractivity contribution in [1.82, 2.24) is 0 Å². The van der Waals surface area contributed by atoms with Crippen LogP contribution >= 0.6 is 0 Å². The van der Waals surface area contributed by atoms with E-state index in [0.717, 1.165) is 18.9 Å². The molecule has 0 spiro atoms. The van der Waals surface area contributed by atoms with Crippen LogP contribution in [-0.2, 0) is 19.3 Å². The van der Waals surface area contributed by atoms with Crippen molar-refractivity contribution in [3.8, 4) is 0 Å². The Kier molecular flexibility index (Phi) is 10.9. The molecule has 0 aliphatic heterocycles. The predicted octanol–water partition coefficient (Wildman–Crippen LogP) is 4.23. The first-order valence-corrected chi connectivity index (χ1v) is 9.26. The Morgan fingerprint density at radius 2 is 1.73 bits per heavy atom. The van der Waals surface area contributed by atoms with Crippen molar-refractivity contribution >= 4 is 5.97 Å². The molecule has 0 amide bonds. The maximum absolute atomic E-state index is 10.9. The van der Waals surface area contributed by atoms with E-state index in [-0.39, 0.29) is 12.5 Å². The van der Waals surface area contributed by atoms with E-state index in [1.807, 2.05) is 6.07 Å². The average molecular weight is 364 g/mol. The molecule has 1 aromatic rings. The summed E-state index contributed by atoms with van der Waals surface area (Å²) in [6.45, 7) is 10.0. The van der Waals surface area contributed by atoms with E-state index in [1.165, 1.54) is 12.0 Å². The van der Waals surface area contributed by atoms with Crippen molar-refractivity contribution in [3.05, 3.63) is 48.6 Å². The lowest BCUT2D eigenvalue weighted by Gasteiger charge is -2.24. The molecule has 0 fully saturated rings. The fourth-order valence-electron chi connectivity index (χ4n) is 2.79. The molecule has 0 aliphatic rings. The number of hydrogen-bond acceptors (Lipinski definition) is 5. The zero-order chi connectivity index (χ0) is 19.4. The van der Waals surface area contributed by atoms with Gasteiger partial charge in [0.1, 0.15) is 6.61 Å². The van der Waals surface area contributed by atoms with Crippen molar-refractivity contribution in [2.24, 2.45) is 11.8 Å². The molecule has 26 heavy (non-hydrogen) atoms. The molecule has 4 unspecified atom stereocenters. The van der Waals surface area contributed by atoms with Gasteiger partial charge in [0.05, 0.1) is 6.61 Å². The number of rotatable bonds is 13. The monoisotopic (exact) mass is 364 g/mol. The number of ether oxygens (including phenoxy) is 1. The molecule has 146 valence electrons. The molecule has 0 aliphatic carbocycles. The van der Waals surface area contributed by atoms with Gasteiger partial charge in [0.25, 0.3) is 0 Å². The molecule has 0 aromatic heterocycles. The topological polar surface area (TPSA) is 65.0 Å². The summed E-state index contributed by atoms with van der Waals surface area (Å²) in [4.78, 5) is 21.0. The lowest BCUT2D eigenvalue weighted by atomic mass is 9.83. The standard InChI is InChI=1S/C21H32O5/c1-5-16(3)12-19(18-10-8-7-9-11-18)13-17(4)14-24-25-15-21(23)26-20(22)6-2/h6-11,16-17,19,21,23H,2,5,12-15H2,1,3-4H3. The number of esters is 1. The molecule has 4 atom stereocenters. The Labute approximate surface area is 156 Å². The second-order valence-corrected chi connectivity index (χ2v) is 6.86. The van der Waals surface area contributed by atoms with Crippen molar-refractivity contribution in [1.29, 1.82) is 0 Å². The van der Waals surface area contributed by atoms with E-state index < -0.39 is 12.3 Å². The van der Waals surface area contributed by atoms with Gasteiger partial charge in [-0.1, -0.05) is 64.1 Å². The fraction of sp³-hybridized carbons (Fsp3) is 0.571. The summed E-state index contributed by atoms with van der Waals surface area (Å²) in [6, 6.07) is 10.6. The van der Waals surface area contributed by atoms with E-state index in [1.54, 1.807) is 0 Å². The maximum Gasteiger partial charge on any atom is 0.332 e. The van der Waals surface area contributed by atoms with Crippen LogP contribution in [0.2, 0.25) is 0 Å². The summed E-state index contributed by atoms with van der Waals surface area (Å²) in [6.07, 6.45) is 2.91.